The highest BCUT2D eigenvalue weighted by atomic mass is 35.5. The lowest BCUT2D eigenvalue weighted by molar-refractivity contribution is -0.137. The topological polar surface area (TPSA) is 61.4 Å². The van der Waals surface area contributed by atoms with Gasteiger partial charge in [0.2, 0.25) is 5.95 Å². The SMILES string of the molecule is CCN1CCN(c2ncc(C(=O)Nc3ccc(C(F)(F)F)c(Cl)c3)c(C)n2)CC1. The fraction of sp³-hybridized carbons (Fsp3) is 0.421. The number of rotatable bonds is 4. The van der Waals surface area contributed by atoms with Crippen LogP contribution in [-0.4, -0.2) is 53.5 Å². The summed E-state index contributed by atoms with van der Waals surface area (Å²) in [7, 11) is 0. The van der Waals surface area contributed by atoms with Gasteiger partial charge in [0.05, 0.1) is 21.8 Å². The summed E-state index contributed by atoms with van der Waals surface area (Å²) in [5.74, 6) is 0.0491. The third-order valence-electron chi connectivity index (χ3n) is 4.85. The Labute approximate surface area is 171 Å². The summed E-state index contributed by atoms with van der Waals surface area (Å²) in [4.78, 5) is 25.7. The van der Waals surface area contributed by atoms with Crippen molar-refractivity contribution in [2.75, 3.05) is 42.9 Å². The minimum Gasteiger partial charge on any atom is -0.338 e. The number of benzene rings is 1. The van der Waals surface area contributed by atoms with Crippen LogP contribution in [0.5, 0.6) is 0 Å². The zero-order chi connectivity index (χ0) is 21.2. The first-order chi connectivity index (χ1) is 13.7. The van der Waals surface area contributed by atoms with E-state index in [9.17, 15) is 18.0 Å². The summed E-state index contributed by atoms with van der Waals surface area (Å²) < 4.78 is 38.4. The van der Waals surface area contributed by atoms with E-state index in [4.69, 9.17) is 11.6 Å². The molecule has 0 aliphatic carbocycles. The van der Waals surface area contributed by atoms with Gasteiger partial charge in [-0.25, -0.2) is 9.97 Å². The molecule has 2 aromatic rings. The number of hydrogen-bond acceptors (Lipinski definition) is 5. The minimum absolute atomic E-state index is 0.159. The van der Waals surface area contributed by atoms with E-state index in [0.717, 1.165) is 50.9 Å². The zero-order valence-corrected chi connectivity index (χ0v) is 16.8. The molecule has 0 unspecified atom stereocenters. The highest BCUT2D eigenvalue weighted by Gasteiger charge is 2.33. The molecule has 2 heterocycles. The Morgan fingerprint density at radius 3 is 2.48 bits per heavy atom. The number of aromatic nitrogens is 2. The first-order valence-corrected chi connectivity index (χ1v) is 9.56. The molecule has 0 bridgehead atoms. The molecular weight excluding hydrogens is 407 g/mol. The van der Waals surface area contributed by atoms with Crippen molar-refractivity contribution >= 4 is 29.1 Å². The number of nitrogens with zero attached hydrogens (tertiary/aromatic N) is 4. The lowest BCUT2D eigenvalue weighted by atomic mass is 10.2. The number of amides is 1. The van der Waals surface area contributed by atoms with Crippen molar-refractivity contribution in [2.45, 2.75) is 20.0 Å². The maximum atomic E-state index is 12.8. The highest BCUT2D eigenvalue weighted by molar-refractivity contribution is 6.31. The van der Waals surface area contributed by atoms with Gasteiger partial charge in [-0.1, -0.05) is 18.5 Å². The molecule has 29 heavy (non-hydrogen) atoms. The first-order valence-electron chi connectivity index (χ1n) is 9.18. The normalized spacial score (nSPS) is 15.4. The average Bonchev–Trinajstić information content (AvgIpc) is 2.67. The number of nitrogens with one attached hydrogen (secondary N) is 1. The van der Waals surface area contributed by atoms with E-state index < -0.39 is 22.7 Å². The molecule has 1 N–H and O–H groups in total. The molecule has 0 saturated carbocycles. The molecule has 10 heteroatoms. The highest BCUT2D eigenvalue weighted by Crippen LogP contribution is 2.35. The number of anilines is 2. The largest absolute Gasteiger partial charge is 0.417 e. The molecule has 6 nitrogen and oxygen atoms in total. The number of piperazine rings is 1. The maximum Gasteiger partial charge on any atom is 0.417 e. The van der Waals surface area contributed by atoms with E-state index in [1.807, 2.05) is 0 Å². The van der Waals surface area contributed by atoms with Crippen molar-refractivity contribution in [3.8, 4) is 0 Å². The second-order valence-electron chi connectivity index (χ2n) is 6.74. The maximum absolute atomic E-state index is 12.8. The lowest BCUT2D eigenvalue weighted by Crippen LogP contribution is -2.46. The minimum atomic E-state index is -4.55. The van der Waals surface area contributed by atoms with Gasteiger partial charge in [0.1, 0.15) is 0 Å². The molecule has 1 aromatic carbocycles. The Kier molecular flexibility index (Phi) is 6.28. The van der Waals surface area contributed by atoms with Crippen LogP contribution < -0.4 is 10.2 Å². The van der Waals surface area contributed by atoms with Gasteiger partial charge in [-0.05, 0) is 31.7 Å². The van der Waals surface area contributed by atoms with E-state index in [0.29, 0.717) is 11.6 Å². The quantitative estimate of drug-likeness (QED) is 0.803. The Hall–Kier alpha value is -2.39. The molecule has 3 rings (SSSR count). The average molecular weight is 428 g/mol. The van der Waals surface area contributed by atoms with Gasteiger partial charge in [-0.15, -0.1) is 0 Å². The van der Waals surface area contributed by atoms with Gasteiger partial charge >= 0.3 is 6.18 Å². The summed E-state index contributed by atoms with van der Waals surface area (Å²) in [6.07, 6.45) is -3.12. The van der Waals surface area contributed by atoms with E-state index in [1.165, 1.54) is 6.20 Å². The number of likely N-dealkylation sites (N-methyl/N-ethyl adjacent to an activating group) is 1. The molecule has 0 spiro atoms. The number of alkyl halides is 3. The first kappa shape index (κ1) is 21.3. The number of carbonyl (C=O) groups is 1. The second kappa shape index (κ2) is 8.54. The zero-order valence-electron chi connectivity index (χ0n) is 16.1. The summed E-state index contributed by atoms with van der Waals surface area (Å²) in [5, 5.41) is 2.06. The molecule has 1 aliphatic heterocycles. The summed E-state index contributed by atoms with van der Waals surface area (Å²) in [6.45, 7) is 8.29. The predicted octanol–water partition coefficient (Wildman–Crippen LogP) is 3.85. The Balaban J connectivity index is 1.71. The van der Waals surface area contributed by atoms with Gasteiger partial charge in [0.15, 0.2) is 0 Å². The van der Waals surface area contributed by atoms with Gasteiger partial charge in [0, 0.05) is 38.1 Å². The molecule has 1 aromatic heterocycles. The number of hydrogen-bond donors (Lipinski definition) is 1. The van der Waals surface area contributed by atoms with Crippen LogP contribution in [0.2, 0.25) is 5.02 Å². The van der Waals surface area contributed by atoms with Gasteiger partial charge in [0.25, 0.3) is 5.91 Å². The van der Waals surface area contributed by atoms with Gasteiger partial charge in [-0.2, -0.15) is 13.2 Å². The Bertz CT molecular complexity index is 898. The van der Waals surface area contributed by atoms with E-state index in [2.05, 4.69) is 32.0 Å². The van der Waals surface area contributed by atoms with Crippen LogP contribution in [0.4, 0.5) is 24.8 Å². The van der Waals surface area contributed by atoms with E-state index in [-0.39, 0.29) is 11.3 Å². The number of aryl methyl sites for hydroxylation is 1. The third kappa shape index (κ3) is 4.97. The number of halogens is 4. The number of carbonyl (C=O) groups excluding carboxylic acids is 1. The van der Waals surface area contributed by atoms with E-state index in [1.54, 1.807) is 6.92 Å². The third-order valence-corrected chi connectivity index (χ3v) is 5.16. The fourth-order valence-electron chi connectivity index (χ4n) is 3.12. The van der Waals surface area contributed by atoms with Crippen LogP contribution in [-0.2, 0) is 6.18 Å². The summed E-state index contributed by atoms with van der Waals surface area (Å²) in [6, 6.07) is 3.06. The predicted molar refractivity (Wildman–Crippen MR) is 106 cm³/mol. The van der Waals surface area contributed by atoms with Crippen molar-refractivity contribution < 1.29 is 18.0 Å². The molecule has 1 saturated heterocycles. The molecule has 1 fully saturated rings. The van der Waals surface area contributed by atoms with Crippen molar-refractivity contribution in [1.29, 1.82) is 0 Å². The molecular formula is C19H21ClF3N5O. The summed E-state index contributed by atoms with van der Waals surface area (Å²) in [5.41, 5.74) is -0.0586. The van der Waals surface area contributed by atoms with E-state index >= 15 is 0 Å². The lowest BCUT2D eigenvalue weighted by Gasteiger charge is -2.34. The molecule has 0 atom stereocenters. The smallest absolute Gasteiger partial charge is 0.338 e. The van der Waals surface area contributed by atoms with Crippen LogP contribution in [0.1, 0.15) is 28.5 Å². The van der Waals surface area contributed by atoms with Crippen LogP contribution in [0.25, 0.3) is 0 Å². The van der Waals surface area contributed by atoms with Crippen molar-refractivity contribution in [3.63, 3.8) is 0 Å². The van der Waals surface area contributed by atoms with Crippen molar-refractivity contribution in [3.05, 3.63) is 46.2 Å². The Morgan fingerprint density at radius 1 is 1.24 bits per heavy atom. The fourth-order valence-corrected chi connectivity index (χ4v) is 3.40. The van der Waals surface area contributed by atoms with Gasteiger partial charge < -0.3 is 15.1 Å². The Morgan fingerprint density at radius 2 is 1.93 bits per heavy atom. The molecule has 0 radical (unpaired) electrons. The summed E-state index contributed by atoms with van der Waals surface area (Å²) >= 11 is 5.70. The van der Waals surface area contributed by atoms with Gasteiger partial charge in [-0.3, -0.25) is 4.79 Å². The van der Waals surface area contributed by atoms with Crippen LogP contribution >= 0.6 is 11.6 Å². The van der Waals surface area contributed by atoms with Crippen molar-refractivity contribution in [2.24, 2.45) is 0 Å². The standard InChI is InChI=1S/C19H21ClF3N5O/c1-3-27-6-8-28(9-7-27)18-24-11-14(12(2)25-18)17(29)26-13-4-5-15(16(20)10-13)19(21,22)23/h4-5,10-11H,3,6-9H2,1-2H3,(H,26,29). The van der Waals surface area contributed by atoms with Crippen LogP contribution in [0.15, 0.2) is 24.4 Å². The van der Waals surface area contributed by atoms with Crippen LogP contribution in [0.3, 0.4) is 0 Å². The van der Waals surface area contributed by atoms with Crippen molar-refractivity contribution in [1.82, 2.24) is 14.9 Å². The molecule has 1 amide bonds. The second-order valence-corrected chi connectivity index (χ2v) is 7.14. The van der Waals surface area contributed by atoms with Crippen LogP contribution in [0, 0.1) is 6.92 Å². The molecule has 1 aliphatic rings. The molecule has 156 valence electrons. The monoisotopic (exact) mass is 427 g/mol.